The van der Waals surface area contributed by atoms with Crippen LogP contribution in [-0.2, 0) is 10.3 Å². The molecule has 1 N–H and O–H groups in total. The van der Waals surface area contributed by atoms with E-state index in [4.69, 9.17) is 9.47 Å². The van der Waals surface area contributed by atoms with E-state index in [-0.39, 0.29) is 12.1 Å². The lowest BCUT2D eigenvalue weighted by Crippen LogP contribution is -2.51. The molecule has 0 unspecified atom stereocenters. The van der Waals surface area contributed by atoms with Crippen molar-refractivity contribution in [3.05, 3.63) is 29.1 Å². The van der Waals surface area contributed by atoms with E-state index in [1.807, 2.05) is 45.9 Å². The van der Waals surface area contributed by atoms with E-state index in [1.165, 1.54) is 0 Å². The number of hydrogen-bond acceptors (Lipinski definition) is 5. The zero-order valence-electron chi connectivity index (χ0n) is 16.0. The summed E-state index contributed by atoms with van der Waals surface area (Å²) in [4.78, 5) is 15.1. The smallest absolute Gasteiger partial charge is 0.410 e. The summed E-state index contributed by atoms with van der Waals surface area (Å²) in [5.41, 5.74) is -1.44. The lowest BCUT2D eigenvalue weighted by atomic mass is 9.85. The molecule has 0 bridgehead atoms. The molecule has 0 spiro atoms. The molecule has 1 aliphatic rings. The highest BCUT2D eigenvalue weighted by Gasteiger charge is 2.41. The number of amides is 1. The number of benzene rings is 1. The first-order valence-electron chi connectivity index (χ1n) is 8.91. The molecule has 26 heavy (non-hydrogen) atoms. The van der Waals surface area contributed by atoms with E-state index < -0.39 is 11.2 Å². The van der Waals surface area contributed by atoms with Crippen LogP contribution < -0.4 is 4.74 Å². The lowest BCUT2D eigenvalue weighted by Gasteiger charge is -2.42. The zero-order chi connectivity index (χ0) is 19.1. The Kier molecular flexibility index (Phi) is 4.92. The van der Waals surface area contributed by atoms with E-state index >= 15 is 0 Å². The number of carbonyl (C=O) groups excluding carboxylic acids is 1. The molecule has 5 nitrogen and oxygen atoms in total. The van der Waals surface area contributed by atoms with Gasteiger partial charge >= 0.3 is 6.09 Å². The van der Waals surface area contributed by atoms with Crippen LogP contribution in [0.1, 0.15) is 45.4 Å². The third-order valence-corrected chi connectivity index (χ3v) is 6.04. The molecule has 0 saturated carbocycles. The van der Waals surface area contributed by atoms with Crippen LogP contribution in [0.5, 0.6) is 5.75 Å². The minimum atomic E-state index is -0.922. The largest absolute Gasteiger partial charge is 0.497 e. The van der Waals surface area contributed by atoms with Gasteiger partial charge in [0, 0.05) is 28.6 Å². The van der Waals surface area contributed by atoms with Gasteiger partial charge < -0.3 is 19.5 Å². The van der Waals surface area contributed by atoms with Crippen molar-refractivity contribution in [3.8, 4) is 5.75 Å². The maximum atomic E-state index is 12.4. The highest BCUT2D eigenvalue weighted by molar-refractivity contribution is 7.19. The highest BCUT2D eigenvalue weighted by Crippen LogP contribution is 2.42. The predicted molar refractivity (Wildman–Crippen MR) is 104 cm³/mol. The minimum absolute atomic E-state index is 0.0941. The molecule has 0 radical (unpaired) electrons. The van der Waals surface area contributed by atoms with Gasteiger partial charge in [0.2, 0.25) is 0 Å². The molecule has 142 valence electrons. The number of thiophene rings is 1. The summed E-state index contributed by atoms with van der Waals surface area (Å²) in [7, 11) is 1.65. The normalized spacial score (nSPS) is 23.9. The second kappa shape index (κ2) is 6.74. The lowest BCUT2D eigenvalue weighted by molar-refractivity contribution is -0.0525. The second-order valence-corrected chi connectivity index (χ2v) is 9.11. The molecule has 3 rings (SSSR count). The molecule has 6 heteroatoms. The van der Waals surface area contributed by atoms with Crippen LogP contribution in [-0.4, -0.2) is 41.4 Å². The number of rotatable bonds is 2. The first kappa shape index (κ1) is 19.0. The van der Waals surface area contributed by atoms with Gasteiger partial charge in [-0.1, -0.05) is 0 Å². The van der Waals surface area contributed by atoms with Gasteiger partial charge in [0.25, 0.3) is 0 Å². The molecule has 2 aromatic rings. The van der Waals surface area contributed by atoms with Gasteiger partial charge in [-0.15, -0.1) is 11.3 Å². The summed E-state index contributed by atoms with van der Waals surface area (Å²) in [6, 6.07) is 7.89. The number of nitrogens with zero attached hydrogens (tertiary/aromatic N) is 1. The Morgan fingerprint density at radius 1 is 1.35 bits per heavy atom. The predicted octanol–water partition coefficient (Wildman–Crippen LogP) is 4.52. The van der Waals surface area contributed by atoms with Gasteiger partial charge in [0.05, 0.1) is 7.11 Å². The molecular weight excluding hydrogens is 350 g/mol. The molecule has 2 atom stereocenters. The van der Waals surface area contributed by atoms with Crippen molar-refractivity contribution in [2.45, 2.75) is 57.8 Å². The standard InChI is InChI=1S/C20H27NO4S/c1-13-12-20(23,8-9-21(13)18(22)25-19(2,3)4)17-10-14-6-7-15(24-5)11-16(14)26-17/h6-7,10-11,13,23H,8-9,12H2,1-5H3/t13-,20-/m1/s1. The number of aliphatic hydroxyl groups is 1. The Morgan fingerprint density at radius 3 is 2.69 bits per heavy atom. The molecule has 0 aliphatic carbocycles. The second-order valence-electron chi connectivity index (χ2n) is 8.02. The summed E-state index contributed by atoms with van der Waals surface area (Å²) < 4.78 is 11.9. The van der Waals surface area contributed by atoms with Crippen molar-refractivity contribution >= 4 is 27.5 Å². The van der Waals surface area contributed by atoms with Crippen LogP contribution in [0.4, 0.5) is 4.79 Å². The Morgan fingerprint density at radius 2 is 2.08 bits per heavy atom. The van der Waals surface area contributed by atoms with E-state index in [9.17, 15) is 9.90 Å². The van der Waals surface area contributed by atoms with Crippen LogP contribution in [0.15, 0.2) is 24.3 Å². The number of likely N-dealkylation sites (tertiary alicyclic amines) is 1. The van der Waals surface area contributed by atoms with Gasteiger partial charge in [-0.3, -0.25) is 0 Å². The summed E-state index contributed by atoms with van der Waals surface area (Å²) in [6.07, 6.45) is 0.685. The van der Waals surface area contributed by atoms with Gasteiger partial charge in [-0.05, 0) is 63.8 Å². The summed E-state index contributed by atoms with van der Waals surface area (Å²) in [5.74, 6) is 0.811. The highest BCUT2D eigenvalue weighted by atomic mass is 32.1. The molecule has 1 aliphatic heterocycles. The van der Waals surface area contributed by atoms with Crippen LogP contribution in [0.3, 0.4) is 0 Å². The van der Waals surface area contributed by atoms with Crippen LogP contribution >= 0.6 is 11.3 Å². The van der Waals surface area contributed by atoms with Crippen LogP contribution in [0, 0.1) is 0 Å². The summed E-state index contributed by atoms with van der Waals surface area (Å²) in [6.45, 7) is 8.03. The van der Waals surface area contributed by atoms with E-state index in [1.54, 1.807) is 23.3 Å². The molecule has 2 heterocycles. The first-order chi connectivity index (χ1) is 12.1. The van der Waals surface area contributed by atoms with Crippen LogP contribution in [0.25, 0.3) is 10.1 Å². The van der Waals surface area contributed by atoms with Crippen molar-refractivity contribution in [1.29, 1.82) is 0 Å². The van der Waals surface area contributed by atoms with Crippen molar-refractivity contribution in [2.24, 2.45) is 0 Å². The van der Waals surface area contributed by atoms with E-state index in [0.717, 1.165) is 20.7 Å². The molecule has 1 aromatic carbocycles. The molecule has 1 amide bonds. The van der Waals surface area contributed by atoms with Gasteiger partial charge in [0.15, 0.2) is 0 Å². The van der Waals surface area contributed by atoms with Gasteiger partial charge in [-0.25, -0.2) is 4.79 Å². The fourth-order valence-electron chi connectivity index (χ4n) is 3.41. The molecule has 1 fully saturated rings. The maximum absolute atomic E-state index is 12.4. The topological polar surface area (TPSA) is 59.0 Å². The van der Waals surface area contributed by atoms with Gasteiger partial charge in [-0.2, -0.15) is 0 Å². The third-order valence-electron chi connectivity index (χ3n) is 4.75. The van der Waals surface area contributed by atoms with Crippen molar-refractivity contribution in [3.63, 3.8) is 0 Å². The number of fused-ring (bicyclic) bond motifs is 1. The fourth-order valence-corrected chi connectivity index (χ4v) is 4.63. The monoisotopic (exact) mass is 377 g/mol. The van der Waals surface area contributed by atoms with Crippen molar-refractivity contribution < 1.29 is 19.4 Å². The first-order valence-corrected chi connectivity index (χ1v) is 9.73. The molecule has 1 saturated heterocycles. The summed E-state index contributed by atoms with van der Waals surface area (Å²) >= 11 is 1.59. The number of ether oxygens (including phenoxy) is 2. The number of piperidine rings is 1. The minimum Gasteiger partial charge on any atom is -0.497 e. The Labute approximate surface area is 158 Å². The average molecular weight is 378 g/mol. The summed E-state index contributed by atoms with van der Waals surface area (Å²) in [5, 5.41) is 12.4. The van der Waals surface area contributed by atoms with Crippen molar-refractivity contribution in [1.82, 2.24) is 4.90 Å². The SMILES string of the molecule is COc1ccc2cc([C@@]3(O)CCN(C(=O)OC(C)(C)C)[C@H](C)C3)sc2c1. The average Bonchev–Trinajstić information content (AvgIpc) is 2.96. The number of hydrogen-bond donors (Lipinski definition) is 1. The molecular formula is C20H27NO4S. The third kappa shape index (κ3) is 3.81. The fraction of sp³-hybridized carbons (Fsp3) is 0.550. The number of carbonyl (C=O) groups is 1. The maximum Gasteiger partial charge on any atom is 0.410 e. The van der Waals surface area contributed by atoms with E-state index in [0.29, 0.717) is 19.4 Å². The quantitative estimate of drug-likeness (QED) is 0.836. The molecule has 1 aromatic heterocycles. The number of methoxy groups -OCH3 is 1. The Balaban J connectivity index is 1.79. The van der Waals surface area contributed by atoms with Gasteiger partial charge in [0.1, 0.15) is 17.0 Å². The Hall–Kier alpha value is -1.79. The van der Waals surface area contributed by atoms with Crippen LogP contribution in [0.2, 0.25) is 0 Å². The van der Waals surface area contributed by atoms with Crippen molar-refractivity contribution in [2.75, 3.05) is 13.7 Å². The zero-order valence-corrected chi connectivity index (χ0v) is 16.9. The van der Waals surface area contributed by atoms with E-state index in [2.05, 4.69) is 6.07 Å². The Bertz CT molecular complexity index is 810.